The lowest BCUT2D eigenvalue weighted by molar-refractivity contribution is -0.137. The normalized spacial score (nSPS) is 19.1. The van der Waals surface area contributed by atoms with Crippen molar-refractivity contribution in [2.75, 3.05) is 30.3 Å². The lowest BCUT2D eigenvalue weighted by Crippen LogP contribution is -2.63. The fourth-order valence-corrected chi connectivity index (χ4v) is 15.8. The number of aliphatic hydroxyl groups is 2. The van der Waals surface area contributed by atoms with Crippen LogP contribution in [0.5, 0.6) is 5.75 Å². The molecule has 0 unspecified atom stereocenters. The van der Waals surface area contributed by atoms with Gasteiger partial charge < -0.3 is 82.9 Å². The van der Waals surface area contributed by atoms with Gasteiger partial charge in [0, 0.05) is 66.7 Å². The van der Waals surface area contributed by atoms with Crippen molar-refractivity contribution < 1.29 is 72.7 Å². The molecule has 0 aliphatic carbocycles. The van der Waals surface area contributed by atoms with E-state index in [2.05, 4.69) is 58.2 Å². The van der Waals surface area contributed by atoms with Crippen LogP contribution in [0.1, 0.15) is 108 Å². The van der Waals surface area contributed by atoms with E-state index in [9.17, 15) is 44.1 Å². The fourth-order valence-electron chi connectivity index (χ4n) is 12.1. The minimum atomic E-state index is -1.86. The van der Waals surface area contributed by atoms with Crippen LogP contribution in [-0.4, -0.2) is 182 Å². The second-order valence-corrected chi connectivity index (χ2v) is 32.4. The van der Waals surface area contributed by atoms with Crippen LogP contribution in [0, 0.1) is 0 Å². The molecule has 10 amide bonds. The highest BCUT2D eigenvalue weighted by atomic mass is 33.1. The summed E-state index contributed by atoms with van der Waals surface area (Å²) in [5.74, 6) is -8.06. The van der Waals surface area contributed by atoms with Gasteiger partial charge in [-0.05, 0) is 126 Å². The topological polar surface area (TPSA) is 386 Å². The van der Waals surface area contributed by atoms with E-state index >= 15 is 19.2 Å². The smallest absolute Gasteiger partial charge is 0.408 e. The van der Waals surface area contributed by atoms with Crippen molar-refractivity contribution in [3.05, 3.63) is 209 Å². The molecule has 0 saturated carbocycles. The Morgan fingerprint density at radius 3 is 1.67 bits per heavy atom. The van der Waals surface area contributed by atoms with Gasteiger partial charge in [0.2, 0.25) is 47.3 Å². The zero-order valence-electron chi connectivity index (χ0n) is 62.3. The Balaban J connectivity index is 1.15. The number of rotatable bonds is 26. The summed E-state index contributed by atoms with van der Waals surface area (Å²) < 4.78 is 10.2. The summed E-state index contributed by atoms with van der Waals surface area (Å²) >= 11 is 1.57. The number of amides is 10. The first-order chi connectivity index (χ1) is 52.0. The van der Waals surface area contributed by atoms with Gasteiger partial charge in [0.25, 0.3) is 0 Å². The molecule has 1 aromatic heterocycles. The maximum Gasteiger partial charge on any atom is 0.408 e. The predicted octanol–water partition coefficient (Wildman–Crippen LogP) is 6.88. The number of aromatic hydroxyl groups is 1. The number of aromatic amines is 1. The molecule has 7 aromatic rings. The van der Waals surface area contributed by atoms with Crippen LogP contribution in [0.3, 0.4) is 0 Å². The number of para-hydroxylation sites is 1. The van der Waals surface area contributed by atoms with Gasteiger partial charge >= 0.3 is 12.2 Å². The number of aromatic nitrogens is 1. The highest BCUT2D eigenvalue weighted by molar-refractivity contribution is 8.76. The first-order valence-corrected chi connectivity index (χ1v) is 39.6. The summed E-state index contributed by atoms with van der Waals surface area (Å²) in [4.78, 5) is 150. The lowest BCUT2D eigenvalue weighted by atomic mass is 9.84. The Bertz CT molecular complexity index is 4090. The standard InChI is InChI=1S/C80H99N11O15S3/c1-49(92)66(74(101)81-41-42-107-80(54-27-15-10-16-28-54,55-29-17-11-18-30-55)56-31-19-12-20-32-56)90-73(100)65-48-109-108-47-64(87-70(97)62(43-51-25-13-9-14-26-51)89-77(104)106-79(6,7)8)72(99)85-61(44-52-36-38-57(94)39-37-52)69(96)86-63(45-53-46-83-59-34-22-21-33-58(53)59)71(98)84-60(68(95)91-67(50(2)93)75(102)88-65)35-23-24-40-82-76(103)105-78(3,4)5/h9-22,25-34,36-39,46,49-50,60-67,83,92-94H,23-24,35,40-45,47-48H2,1-8H3,(H,81,101)(H,82,103)(H,84,98)(H,85,99)(H,86,96)(H,87,97)(H,88,102)(H,89,104)(H,90,100)(H,91,95)/t49-,50-,60+,61+,62-,63-,64+,65+,66+,67+/m1/s1. The maximum atomic E-state index is 15.3. The summed E-state index contributed by atoms with van der Waals surface area (Å²) in [7, 11) is 1.84. The van der Waals surface area contributed by atoms with Gasteiger partial charge in [0.15, 0.2) is 0 Å². The van der Waals surface area contributed by atoms with Crippen LogP contribution in [0.25, 0.3) is 10.9 Å². The molecule has 1 fully saturated rings. The summed E-state index contributed by atoms with van der Waals surface area (Å²) in [6, 6.07) is 38.7. The number of phenolic OH excluding ortho intramolecular Hbond substituents is 1. The van der Waals surface area contributed by atoms with Crippen molar-refractivity contribution >= 4 is 104 Å². The number of unbranched alkanes of at least 4 members (excludes halogenated alkanes) is 1. The number of carbonyl (C=O) groups excluding carboxylic acids is 10. The Morgan fingerprint density at radius 1 is 0.550 bits per heavy atom. The Kier molecular flexibility index (Phi) is 31.3. The van der Waals surface area contributed by atoms with Crippen LogP contribution in [0.15, 0.2) is 176 Å². The molecule has 582 valence electrons. The van der Waals surface area contributed by atoms with Gasteiger partial charge in [0.05, 0.1) is 17.0 Å². The number of nitrogens with one attached hydrogen (secondary N) is 11. The number of hydrogen-bond donors (Lipinski definition) is 14. The van der Waals surface area contributed by atoms with Crippen molar-refractivity contribution in [2.24, 2.45) is 0 Å². The van der Waals surface area contributed by atoms with Crippen LogP contribution < -0.4 is 53.2 Å². The third kappa shape index (κ3) is 25.8. The van der Waals surface area contributed by atoms with Crippen molar-refractivity contribution in [1.82, 2.24) is 58.2 Å². The largest absolute Gasteiger partial charge is 0.508 e. The van der Waals surface area contributed by atoms with E-state index in [0.29, 0.717) is 33.3 Å². The van der Waals surface area contributed by atoms with Crippen LogP contribution in [-0.2, 0) is 71.8 Å². The number of alkyl carbamates (subject to hydrolysis) is 2. The molecule has 29 heteroatoms. The molecule has 1 saturated heterocycles. The molecule has 2 heterocycles. The summed E-state index contributed by atoms with van der Waals surface area (Å²) in [6.45, 7) is 12.6. The number of phenols is 1. The van der Waals surface area contributed by atoms with Crippen LogP contribution in [0.4, 0.5) is 9.59 Å². The minimum Gasteiger partial charge on any atom is -0.508 e. The highest BCUT2D eigenvalue weighted by Crippen LogP contribution is 2.48. The van der Waals surface area contributed by atoms with Crippen LogP contribution in [0.2, 0.25) is 0 Å². The molecule has 10 atom stereocenters. The summed E-state index contributed by atoms with van der Waals surface area (Å²) in [6.07, 6.45) is -3.58. The average molecular weight is 1550 g/mol. The number of H-pyrrole nitrogens is 1. The maximum absolute atomic E-state index is 15.3. The molecule has 1 aliphatic heterocycles. The molecular weight excluding hydrogens is 1450 g/mol. The highest BCUT2D eigenvalue weighted by Gasteiger charge is 2.40. The molecule has 0 spiro atoms. The van der Waals surface area contributed by atoms with Gasteiger partial charge in [-0.15, -0.1) is 11.8 Å². The first kappa shape index (κ1) is 84.6. The van der Waals surface area contributed by atoms with E-state index in [4.69, 9.17) is 9.47 Å². The van der Waals surface area contributed by atoms with Crippen molar-refractivity contribution in [2.45, 2.75) is 170 Å². The Labute approximate surface area is 646 Å². The number of thioether (sulfide) groups is 1. The molecule has 109 heavy (non-hydrogen) atoms. The van der Waals surface area contributed by atoms with E-state index in [-0.39, 0.29) is 63.1 Å². The van der Waals surface area contributed by atoms with Crippen molar-refractivity contribution in [3.8, 4) is 5.75 Å². The second-order valence-electron chi connectivity index (χ2n) is 28.5. The van der Waals surface area contributed by atoms with Gasteiger partial charge in [-0.3, -0.25) is 38.4 Å². The third-order valence-electron chi connectivity index (χ3n) is 17.5. The molecule has 0 radical (unpaired) electrons. The number of ether oxygens (including phenoxy) is 2. The predicted molar refractivity (Wildman–Crippen MR) is 422 cm³/mol. The average Bonchev–Trinajstić information content (AvgIpc) is 1.29. The first-order valence-electron chi connectivity index (χ1n) is 36.1. The van der Waals surface area contributed by atoms with Gasteiger partial charge in [0.1, 0.15) is 65.3 Å². The third-order valence-corrected chi connectivity index (χ3v) is 21.4. The molecule has 26 nitrogen and oxygen atoms in total. The lowest BCUT2D eigenvalue weighted by Gasteiger charge is -2.35. The Morgan fingerprint density at radius 2 is 1.08 bits per heavy atom. The number of fused-ring (bicyclic) bond motifs is 1. The van der Waals surface area contributed by atoms with Gasteiger partial charge in [-0.2, -0.15) is 0 Å². The molecule has 6 aromatic carbocycles. The quantitative estimate of drug-likeness (QED) is 0.0149. The fraction of sp³-hybridized carbons (Fsp3) is 0.400. The van der Waals surface area contributed by atoms with Crippen molar-refractivity contribution in [1.29, 1.82) is 0 Å². The summed E-state index contributed by atoms with van der Waals surface area (Å²) in [5, 5.41) is 61.0. The van der Waals surface area contributed by atoms with E-state index in [1.54, 1.807) is 108 Å². The number of carbonyl (C=O) groups is 10. The van der Waals surface area contributed by atoms with E-state index in [1.807, 2.05) is 97.1 Å². The van der Waals surface area contributed by atoms with E-state index in [0.717, 1.165) is 38.3 Å². The molecule has 14 N–H and O–H groups in total. The van der Waals surface area contributed by atoms with Gasteiger partial charge in [-0.25, -0.2) is 9.59 Å². The second kappa shape index (κ2) is 40.4. The zero-order chi connectivity index (χ0) is 78.8. The summed E-state index contributed by atoms with van der Waals surface area (Å²) in [5.41, 5.74) is 3.41. The molecule has 1 aliphatic rings. The monoisotopic (exact) mass is 1550 g/mol. The SMILES string of the molecule is C[C@@H](O)[C@H](NC(=O)[C@@H]1CSSC[C@H](NC(=O)[C@@H](Cc2ccccc2)NC(=O)OC(C)(C)C)C(=O)N[C@@H](Cc2ccc(O)cc2)C(=O)N[C@H](Cc2c[nH]c3ccccc23)C(=O)N[C@@H](CCCCNC(=O)OC(C)(C)C)C(=O)N[C@@H]([C@@H](C)O)C(=O)N1)C(=O)NCCSC(c1ccccc1)(c1ccccc1)c1ccccc1. The Hall–Kier alpha value is -10.1. The van der Waals surface area contributed by atoms with E-state index < -0.39 is 142 Å². The molecule has 0 bridgehead atoms. The molecule has 8 rings (SSSR count). The zero-order valence-corrected chi connectivity index (χ0v) is 64.7. The van der Waals surface area contributed by atoms with Crippen molar-refractivity contribution in [3.63, 3.8) is 0 Å². The van der Waals surface area contributed by atoms with Gasteiger partial charge in [-0.1, -0.05) is 173 Å². The molecular formula is C80H99N11O15S3. The number of aliphatic hydroxyl groups excluding tert-OH is 2. The number of hydrogen-bond acceptors (Lipinski definition) is 18. The van der Waals surface area contributed by atoms with Crippen LogP contribution >= 0.6 is 33.3 Å². The minimum absolute atomic E-state index is 0.0476. The van der Waals surface area contributed by atoms with E-state index in [1.165, 1.54) is 38.1 Å². The number of benzene rings is 6.